The van der Waals surface area contributed by atoms with Crippen LogP contribution >= 0.6 is 0 Å². The number of nitrogens with zero attached hydrogens (tertiary/aromatic N) is 2. The molecule has 0 aromatic heterocycles. The van der Waals surface area contributed by atoms with Crippen molar-refractivity contribution in [2.24, 2.45) is 5.10 Å². The molecule has 1 N–H and O–H groups in total. The number of benzene rings is 1. The molecule has 0 spiro atoms. The van der Waals surface area contributed by atoms with Crippen molar-refractivity contribution in [3.05, 3.63) is 35.4 Å². The summed E-state index contributed by atoms with van der Waals surface area (Å²) in [4.78, 5) is 23.6. The predicted octanol–water partition coefficient (Wildman–Crippen LogP) is 1.40. The van der Waals surface area contributed by atoms with Crippen molar-refractivity contribution in [2.45, 2.75) is 31.7 Å². The number of amides is 2. The first-order valence-electron chi connectivity index (χ1n) is 6.88. The molecule has 0 radical (unpaired) electrons. The van der Waals surface area contributed by atoms with Crippen molar-refractivity contribution >= 4 is 17.5 Å². The first-order valence-corrected chi connectivity index (χ1v) is 6.88. The molecule has 2 amide bonds. The van der Waals surface area contributed by atoms with Gasteiger partial charge in [0.05, 0.1) is 6.04 Å². The maximum Gasteiger partial charge on any atom is 0.267 e. The van der Waals surface area contributed by atoms with Gasteiger partial charge < -0.3 is 5.32 Å². The highest BCUT2D eigenvalue weighted by Gasteiger charge is 2.27. The van der Waals surface area contributed by atoms with Crippen LogP contribution in [0.1, 0.15) is 36.4 Å². The third-order valence-electron chi connectivity index (χ3n) is 3.91. The molecule has 1 atom stereocenters. The smallest absolute Gasteiger partial charge is 0.267 e. The molecule has 1 aromatic carbocycles. The predicted molar refractivity (Wildman–Crippen MR) is 75.1 cm³/mol. The fourth-order valence-corrected chi connectivity index (χ4v) is 2.78. The van der Waals surface area contributed by atoms with E-state index in [9.17, 15) is 9.59 Å². The average Bonchev–Trinajstić information content (AvgIpc) is 2.85. The number of aryl methyl sites for hydroxylation is 1. The van der Waals surface area contributed by atoms with Gasteiger partial charge in [0.2, 0.25) is 5.91 Å². The van der Waals surface area contributed by atoms with Crippen LogP contribution in [0.5, 0.6) is 0 Å². The number of rotatable bonds is 2. The van der Waals surface area contributed by atoms with Gasteiger partial charge in [0.15, 0.2) is 0 Å². The largest absolute Gasteiger partial charge is 0.344 e. The van der Waals surface area contributed by atoms with Crippen LogP contribution in [0.25, 0.3) is 0 Å². The molecule has 0 saturated carbocycles. The lowest BCUT2D eigenvalue weighted by Crippen LogP contribution is -2.38. The van der Waals surface area contributed by atoms with Crippen LogP contribution in [-0.2, 0) is 16.0 Å². The summed E-state index contributed by atoms with van der Waals surface area (Å²) in [6, 6.07) is 8.24. The average molecular weight is 271 g/mol. The summed E-state index contributed by atoms with van der Waals surface area (Å²) in [5.41, 5.74) is 2.94. The Balaban J connectivity index is 1.72. The Hall–Kier alpha value is -2.17. The minimum Gasteiger partial charge on any atom is -0.344 e. The van der Waals surface area contributed by atoms with Crippen LogP contribution in [-0.4, -0.2) is 29.6 Å². The fourth-order valence-electron chi connectivity index (χ4n) is 2.78. The Morgan fingerprint density at radius 3 is 2.90 bits per heavy atom. The molecule has 1 aromatic rings. The lowest BCUT2D eigenvalue weighted by Gasteiger charge is -2.20. The molecule has 5 heteroatoms. The summed E-state index contributed by atoms with van der Waals surface area (Å²) in [6.07, 6.45) is 2.69. The summed E-state index contributed by atoms with van der Waals surface area (Å²) in [6.45, 7) is 0. The second-order valence-corrected chi connectivity index (χ2v) is 5.23. The standard InChI is InChI=1S/C15H17N3O2/c1-18-14(19)9-8-13(17-18)15(20)16-12-7-6-10-4-2-3-5-11(10)12/h2-5,12H,6-9H2,1H3,(H,16,20). The van der Waals surface area contributed by atoms with E-state index in [1.807, 2.05) is 12.1 Å². The molecule has 1 unspecified atom stereocenters. The van der Waals surface area contributed by atoms with Crippen LogP contribution < -0.4 is 5.32 Å². The van der Waals surface area contributed by atoms with E-state index in [4.69, 9.17) is 0 Å². The molecule has 2 aliphatic rings. The topological polar surface area (TPSA) is 61.8 Å². The highest BCUT2D eigenvalue weighted by Crippen LogP contribution is 2.30. The minimum absolute atomic E-state index is 0.0484. The molecule has 0 bridgehead atoms. The van der Waals surface area contributed by atoms with E-state index in [-0.39, 0.29) is 17.9 Å². The number of carbonyl (C=O) groups excluding carboxylic acids is 2. The molecule has 3 rings (SSSR count). The van der Waals surface area contributed by atoms with Gasteiger partial charge in [-0.3, -0.25) is 9.59 Å². The van der Waals surface area contributed by atoms with Crippen LogP contribution in [0.3, 0.4) is 0 Å². The molecule has 0 saturated heterocycles. The van der Waals surface area contributed by atoms with Gasteiger partial charge in [-0.15, -0.1) is 0 Å². The molecule has 5 nitrogen and oxygen atoms in total. The van der Waals surface area contributed by atoms with E-state index in [1.165, 1.54) is 16.1 Å². The molecule has 1 heterocycles. The number of hydrogen-bond acceptors (Lipinski definition) is 3. The van der Waals surface area contributed by atoms with Gasteiger partial charge in [-0.1, -0.05) is 24.3 Å². The monoisotopic (exact) mass is 271 g/mol. The number of nitrogens with one attached hydrogen (secondary N) is 1. The van der Waals surface area contributed by atoms with Crippen LogP contribution in [0, 0.1) is 0 Å². The number of hydrogen-bond donors (Lipinski definition) is 1. The van der Waals surface area contributed by atoms with Crippen LogP contribution in [0.4, 0.5) is 0 Å². The zero-order valence-electron chi connectivity index (χ0n) is 11.4. The maximum atomic E-state index is 12.2. The van der Waals surface area contributed by atoms with E-state index in [1.54, 1.807) is 7.05 Å². The van der Waals surface area contributed by atoms with Crippen molar-refractivity contribution in [3.8, 4) is 0 Å². The second kappa shape index (κ2) is 5.07. The quantitative estimate of drug-likeness (QED) is 0.883. The third-order valence-corrected chi connectivity index (χ3v) is 3.91. The summed E-state index contributed by atoms with van der Waals surface area (Å²) in [7, 11) is 1.58. The Labute approximate surface area is 117 Å². The molecule has 1 aliphatic heterocycles. The molecule has 20 heavy (non-hydrogen) atoms. The van der Waals surface area contributed by atoms with Gasteiger partial charge in [-0.2, -0.15) is 5.10 Å². The Morgan fingerprint density at radius 1 is 1.30 bits per heavy atom. The lowest BCUT2D eigenvalue weighted by molar-refractivity contribution is -0.130. The number of carbonyl (C=O) groups is 2. The van der Waals surface area contributed by atoms with Gasteiger partial charge in [-0.05, 0) is 24.0 Å². The van der Waals surface area contributed by atoms with Gasteiger partial charge in [-0.25, -0.2) is 5.01 Å². The third kappa shape index (κ3) is 2.31. The molecular formula is C15H17N3O2. The van der Waals surface area contributed by atoms with Crippen molar-refractivity contribution in [3.63, 3.8) is 0 Å². The van der Waals surface area contributed by atoms with Gasteiger partial charge in [0.25, 0.3) is 5.91 Å². The first kappa shape index (κ1) is 12.8. The Bertz CT molecular complexity index is 595. The van der Waals surface area contributed by atoms with E-state index >= 15 is 0 Å². The summed E-state index contributed by atoms with van der Waals surface area (Å²) >= 11 is 0. The van der Waals surface area contributed by atoms with Crippen molar-refractivity contribution < 1.29 is 9.59 Å². The molecule has 1 aliphatic carbocycles. The number of hydrazone groups is 1. The zero-order valence-corrected chi connectivity index (χ0v) is 11.4. The molecule has 0 fully saturated rings. The van der Waals surface area contributed by atoms with E-state index in [0.29, 0.717) is 18.6 Å². The first-order chi connectivity index (χ1) is 9.65. The van der Waals surface area contributed by atoms with E-state index < -0.39 is 0 Å². The van der Waals surface area contributed by atoms with Gasteiger partial charge >= 0.3 is 0 Å². The fraction of sp³-hybridized carbons (Fsp3) is 0.400. The Morgan fingerprint density at radius 2 is 2.10 bits per heavy atom. The van der Waals surface area contributed by atoms with Crippen LogP contribution in [0.15, 0.2) is 29.4 Å². The molecular weight excluding hydrogens is 254 g/mol. The van der Waals surface area contributed by atoms with Gasteiger partial charge in [0, 0.05) is 19.9 Å². The number of fused-ring (bicyclic) bond motifs is 1. The SMILES string of the molecule is CN1N=C(C(=O)NC2CCc3ccccc32)CCC1=O. The van der Waals surface area contributed by atoms with E-state index in [2.05, 4.69) is 22.6 Å². The summed E-state index contributed by atoms with van der Waals surface area (Å²) < 4.78 is 0. The highest BCUT2D eigenvalue weighted by atomic mass is 16.2. The normalized spacial score (nSPS) is 21.4. The lowest BCUT2D eigenvalue weighted by atomic mass is 10.1. The van der Waals surface area contributed by atoms with Crippen molar-refractivity contribution in [2.75, 3.05) is 7.05 Å². The van der Waals surface area contributed by atoms with Crippen molar-refractivity contribution in [1.29, 1.82) is 0 Å². The summed E-state index contributed by atoms with van der Waals surface area (Å²) in [5.74, 6) is -0.209. The molecule has 104 valence electrons. The Kier molecular flexibility index (Phi) is 3.26. The maximum absolute atomic E-state index is 12.2. The van der Waals surface area contributed by atoms with E-state index in [0.717, 1.165) is 12.8 Å². The van der Waals surface area contributed by atoms with Crippen molar-refractivity contribution in [1.82, 2.24) is 10.3 Å². The second-order valence-electron chi connectivity index (χ2n) is 5.23. The zero-order chi connectivity index (χ0) is 14.1. The van der Waals surface area contributed by atoms with Crippen LogP contribution in [0.2, 0.25) is 0 Å². The van der Waals surface area contributed by atoms with Gasteiger partial charge in [0.1, 0.15) is 5.71 Å². The minimum atomic E-state index is -0.161. The summed E-state index contributed by atoms with van der Waals surface area (Å²) in [5, 5.41) is 8.33. The highest BCUT2D eigenvalue weighted by molar-refractivity contribution is 6.39.